The van der Waals surface area contributed by atoms with Gasteiger partial charge in [-0.2, -0.15) is 8.42 Å². The van der Waals surface area contributed by atoms with Crippen LogP contribution in [0.2, 0.25) is 5.02 Å². The van der Waals surface area contributed by atoms with E-state index in [0.717, 1.165) is 5.56 Å². The van der Waals surface area contributed by atoms with Crippen LogP contribution < -0.4 is 4.18 Å². The molecule has 0 aliphatic heterocycles. The van der Waals surface area contributed by atoms with Gasteiger partial charge < -0.3 is 13.8 Å². The summed E-state index contributed by atoms with van der Waals surface area (Å²) in [6, 6.07) is 11.5. The Morgan fingerprint density at radius 1 is 1.13 bits per heavy atom. The first kappa shape index (κ1) is 24.2. The average molecular weight is 454 g/mol. The molecule has 0 atom stereocenters. The summed E-state index contributed by atoms with van der Waals surface area (Å²) < 4.78 is 35.7. The molecule has 30 heavy (non-hydrogen) atoms. The number of halogens is 1. The standard InChI is InChI=1S/C22H28ClNO5S/c1-16(2)14-21(25)24(12-13-28-4)15-18-8-10-19(11-9-18)29-30(26,27)22-17(3)6-5-7-20(22)23/h5-11,16H,12-15H2,1-4H3. The summed E-state index contributed by atoms with van der Waals surface area (Å²) >= 11 is 6.06. The van der Waals surface area contributed by atoms with Gasteiger partial charge in [0.1, 0.15) is 10.6 Å². The highest BCUT2D eigenvalue weighted by molar-refractivity contribution is 7.87. The van der Waals surface area contributed by atoms with E-state index in [1.807, 2.05) is 13.8 Å². The molecule has 0 fully saturated rings. The van der Waals surface area contributed by atoms with Crippen molar-refractivity contribution in [3.05, 3.63) is 58.6 Å². The van der Waals surface area contributed by atoms with Crippen LogP contribution in [-0.4, -0.2) is 39.5 Å². The van der Waals surface area contributed by atoms with Gasteiger partial charge in [-0.25, -0.2) is 0 Å². The number of ether oxygens (including phenoxy) is 1. The maximum Gasteiger partial charge on any atom is 0.340 e. The van der Waals surface area contributed by atoms with Gasteiger partial charge >= 0.3 is 10.1 Å². The van der Waals surface area contributed by atoms with E-state index in [2.05, 4.69) is 0 Å². The second kappa shape index (κ2) is 10.8. The molecule has 0 aromatic heterocycles. The van der Waals surface area contributed by atoms with Crippen LogP contribution in [0.4, 0.5) is 0 Å². The van der Waals surface area contributed by atoms with E-state index in [1.165, 1.54) is 6.07 Å². The topological polar surface area (TPSA) is 72.9 Å². The Morgan fingerprint density at radius 2 is 1.80 bits per heavy atom. The molecule has 2 aromatic carbocycles. The third kappa shape index (κ3) is 6.72. The van der Waals surface area contributed by atoms with Gasteiger partial charge in [0.25, 0.3) is 0 Å². The van der Waals surface area contributed by atoms with E-state index in [1.54, 1.807) is 55.3 Å². The number of carbonyl (C=O) groups excluding carboxylic acids is 1. The molecule has 2 rings (SSSR count). The molecule has 164 valence electrons. The molecule has 8 heteroatoms. The van der Waals surface area contributed by atoms with Crippen molar-refractivity contribution in [1.29, 1.82) is 0 Å². The van der Waals surface area contributed by atoms with E-state index in [0.29, 0.717) is 31.7 Å². The van der Waals surface area contributed by atoms with Crippen molar-refractivity contribution in [3.8, 4) is 5.75 Å². The van der Waals surface area contributed by atoms with E-state index in [-0.39, 0.29) is 27.5 Å². The Balaban J connectivity index is 2.14. The van der Waals surface area contributed by atoms with Crippen molar-refractivity contribution < 1.29 is 22.1 Å². The van der Waals surface area contributed by atoms with Crippen LogP contribution in [0.1, 0.15) is 31.4 Å². The lowest BCUT2D eigenvalue weighted by atomic mass is 10.1. The lowest BCUT2D eigenvalue weighted by molar-refractivity contribution is -0.133. The number of nitrogens with zero attached hydrogens (tertiary/aromatic N) is 1. The fraction of sp³-hybridized carbons (Fsp3) is 0.409. The lowest BCUT2D eigenvalue weighted by Gasteiger charge is -2.23. The third-order valence-corrected chi connectivity index (χ3v) is 6.30. The fourth-order valence-corrected chi connectivity index (χ4v) is 4.67. The smallest absolute Gasteiger partial charge is 0.340 e. The second-order valence-electron chi connectivity index (χ2n) is 7.47. The Labute approximate surface area is 183 Å². The van der Waals surface area contributed by atoms with Gasteiger partial charge in [0.15, 0.2) is 0 Å². The van der Waals surface area contributed by atoms with Gasteiger partial charge in [-0.15, -0.1) is 0 Å². The van der Waals surface area contributed by atoms with E-state index in [9.17, 15) is 13.2 Å². The number of carbonyl (C=O) groups is 1. The summed E-state index contributed by atoms with van der Waals surface area (Å²) in [6.45, 7) is 7.00. The number of methoxy groups -OCH3 is 1. The first-order chi connectivity index (χ1) is 14.1. The van der Waals surface area contributed by atoms with Crippen LogP contribution in [0.3, 0.4) is 0 Å². The summed E-state index contributed by atoms with van der Waals surface area (Å²) in [5.74, 6) is 0.492. The van der Waals surface area contributed by atoms with Crippen LogP contribution in [0.5, 0.6) is 5.75 Å². The quantitative estimate of drug-likeness (QED) is 0.497. The molecule has 0 bridgehead atoms. The largest absolute Gasteiger partial charge is 0.383 e. The van der Waals surface area contributed by atoms with Crippen molar-refractivity contribution in [2.75, 3.05) is 20.3 Å². The second-order valence-corrected chi connectivity index (χ2v) is 9.36. The normalized spacial score (nSPS) is 11.5. The highest BCUT2D eigenvalue weighted by Crippen LogP contribution is 2.28. The lowest BCUT2D eigenvalue weighted by Crippen LogP contribution is -2.34. The summed E-state index contributed by atoms with van der Waals surface area (Å²) in [5.41, 5.74) is 1.37. The highest BCUT2D eigenvalue weighted by Gasteiger charge is 2.23. The van der Waals surface area contributed by atoms with Crippen molar-refractivity contribution in [2.45, 2.75) is 38.6 Å². The Kier molecular flexibility index (Phi) is 8.70. The van der Waals surface area contributed by atoms with Gasteiger partial charge in [0.2, 0.25) is 5.91 Å². The van der Waals surface area contributed by atoms with E-state index < -0.39 is 10.1 Å². The Morgan fingerprint density at radius 3 is 2.37 bits per heavy atom. The highest BCUT2D eigenvalue weighted by atomic mass is 35.5. The van der Waals surface area contributed by atoms with Gasteiger partial charge in [-0.05, 0) is 42.2 Å². The number of rotatable bonds is 10. The predicted molar refractivity (Wildman–Crippen MR) is 117 cm³/mol. The molecule has 0 aliphatic carbocycles. The number of hydrogen-bond donors (Lipinski definition) is 0. The molecular weight excluding hydrogens is 426 g/mol. The van der Waals surface area contributed by atoms with Crippen molar-refractivity contribution >= 4 is 27.6 Å². The molecule has 6 nitrogen and oxygen atoms in total. The number of aryl methyl sites for hydroxylation is 1. The van der Waals surface area contributed by atoms with Crippen molar-refractivity contribution in [2.24, 2.45) is 5.92 Å². The third-order valence-electron chi connectivity index (χ3n) is 4.42. The number of amides is 1. The fourth-order valence-electron chi connectivity index (χ4n) is 2.94. The molecule has 0 radical (unpaired) electrons. The van der Waals surface area contributed by atoms with Crippen LogP contribution in [0.25, 0.3) is 0 Å². The minimum Gasteiger partial charge on any atom is -0.383 e. The number of hydrogen-bond acceptors (Lipinski definition) is 5. The molecule has 0 heterocycles. The predicted octanol–water partition coefficient (Wildman–Crippen LogP) is 4.44. The molecular formula is C22H28ClNO5S. The zero-order valence-corrected chi connectivity index (χ0v) is 19.3. The first-order valence-corrected chi connectivity index (χ1v) is 11.5. The van der Waals surface area contributed by atoms with Gasteiger partial charge in [0, 0.05) is 26.6 Å². The minimum absolute atomic E-state index is 0.0410. The van der Waals surface area contributed by atoms with Crippen LogP contribution in [0, 0.1) is 12.8 Å². The zero-order valence-electron chi connectivity index (χ0n) is 17.7. The summed E-state index contributed by atoms with van der Waals surface area (Å²) in [7, 11) is -2.47. The van der Waals surface area contributed by atoms with Crippen LogP contribution >= 0.6 is 11.6 Å². The Hall–Kier alpha value is -2.09. The minimum atomic E-state index is -4.06. The number of benzene rings is 2. The van der Waals surface area contributed by atoms with Crippen molar-refractivity contribution in [3.63, 3.8) is 0 Å². The van der Waals surface area contributed by atoms with Crippen LogP contribution in [0.15, 0.2) is 47.4 Å². The van der Waals surface area contributed by atoms with Gasteiger partial charge in [-0.3, -0.25) is 4.79 Å². The molecule has 0 N–H and O–H groups in total. The molecule has 1 amide bonds. The summed E-state index contributed by atoms with van der Waals surface area (Å²) in [5, 5.41) is 0.115. The summed E-state index contributed by atoms with van der Waals surface area (Å²) in [4.78, 5) is 14.2. The molecule has 0 saturated heterocycles. The average Bonchev–Trinajstić information content (AvgIpc) is 2.65. The van der Waals surface area contributed by atoms with Gasteiger partial charge in [0.05, 0.1) is 11.6 Å². The summed E-state index contributed by atoms with van der Waals surface area (Å²) in [6.07, 6.45) is 0.459. The zero-order chi connectivity index (χ0) is 22.3. The first-order valence-electron chi connectivity index (χ1n) is 9.69. The molecule has 0 aliphatic rings. The SMILES string of the molecule is COCCN(Cc1ccc(OS(=O)(=O)c2c(C)cccc2Cl)cc1)C(=O)CC(C)C. The molecule has 0 unspecified atom stereocenters. The van der Waals surface area contributed by atoms with E-state index in [4.69, 9.17) is 20.5 Å². The monoisotopic (exact) mass is 453 g/mol. The maximum absolute atomic E-state index is 12.6. The molecule has 2 aromatic rings. The maximum atomic E-state index is 12.6. The molecule has 0 spiro atoms. The van der Waals surface area contributed by atoms with E-state index >= 15 is 0 Å². The Bertz CT molecular complexity index is 938. The van der Waals surface area contributed by atoms with Crippen molar-refractivity contribution in [1.82, 2.24) is 4.90 Å². The van der Waals surface area contributed by atoms with Crippen LogP contribution in [-0.2, 0) is 26.2 Å². The molecule has 0 saturated carbocycles. The van der Waals surface area contributed by atoms with Gasteiger partial charge in [-0.1, -0.05) is 49.7 Å².